The first-order valence-corrected chi connectivity index (χ1v) is 6.10. The van der Waals surface area contributed by atoms with E-state index in [1.807, 2.05) is 24.3 Å². The Morgan fingerprint density at radius 3 is 2.75 bits per heavy atom. The molecule has 1 amide bonds. The molecular weight excluding hydrogens is 256 g/mol. The molecule has 0 atom stereocenters. The molecule has 0 saturated heterocycles. The van der Waals surface area contributed by atoms with E-state index in [1.54, 1.807) is 10.9 Å². The van der Waals surface area contributed by atoms with E-state index in [1.165, 1.54) is 6.20 Å². The first kappa shape index (κ1) is 13.6. The minimum absolute atomic E-state index is 0.380. The highest BCUT2D eigenvalue weighted by molar-refractivity contribution is 5.92. The summed E-state index contributed by atoms with van der Waals surface area (Å²) in [5.74, 6) is 0.235. The Hall–Kier alpha value is -2.81. The molecule has 0 fully saturated rings. The lowest BCUT2D eigenvalue weighted by molar-refractivity contribution is 0.1000. The van der Waals surface area contributed by atoms with E-state index in [2.05, 4.69) is 11.2 Å². The van der Waals surface area contributed by atoms with Crippen LogP contribution in [0.2, 0.25) is 0 Å². The zero-order valence-electron chi connectivity index (χ0n) is 10.8. The Labute approximate surface area is 116 Å². The summed E-state index contributed by atoms with van der Waals surface area (Å²) in [7, 11) is 0. The molecule has 1 heterocycles. The van der Waals surface area contributed by atoms with Gasteiger partial charge < -0.3 is 10.5 Å². The van der Waals surface area contributed by atoms with Crippen LogP contribution in [0.25, 0.3) is 0 Å². The van der Waals surface area contributed by atoms with E-state index in [0.717, 1.165) is 11.3 Å². The van der Waals surface area contributed by atoms with Crippen molar-refractivity contribution >= 4 is 5.91 Å². The summed E-state index contributed by atoms with van der Waals surface area (Å²) in [5, 5.41) is 12.6. The summed E-state index contributed by atoms with van der Waals surface area (Å²) in [6.45, 7) is 0.949. The van der Waals surface area contributed by atoms with Gasteiger partial charge in [-0.1, -0.05) is 12.1 Å². The van der Waals surface area contributed by atoms with Gasteiger partial charge in [-0.2, -0.15) is 10.4 Å². The summed E-state index contributed by atoms with van der Waals surface area (Å²) in [4.78, 5) is 10.9. The maximum atomic E-state index is 10.9. The molecule has 0 bridgehead atoms. The molecule has 0 aliphatic carbocycles. The van der Waals surface area contributed by atoms with Gasteiger partial charge in [0.25, 0.3) is 5.91 Å². The van der Waals surface area contributed by atoms with Gasteiger partial charge in [-0.25, -0.2) is 0 Å². The zero-order chi connectivity index (χ0) is 14.4. The van der Waals surface area contributed by atoms with Crippen molar-refractivity contribution in [2.24, 2.45) is 5.73 Å². The SMILES string of the molecule is N#CCc1ccc(OCCn2cc(C(N)=O)cn2)cc1. The molecule has 0 radical (unpaired) electrons. The van der Waals surface area contributed by atoms with Crippen LogP contribution in [0.5, 0.6) is 5.75 Å². The van der Waals surface area contributed by atoms with Gasteiger partial charge in [0.1, 0.15) is 12.4 Å². The minimum Gasteiger partial charge on any atom is -0.492 e. The molecule has 1 aromatic carbocycles. The molecule has 102 valence electrons. The van der Waals surface area contributed by atoms with Crippen LogP contribution in [0.1, 0.15) is 15.9 Å². The van der Waals surface area contributed by atoms with Crippen LogP contribution in [-0.2, 0) is 13.0 Å². The van der Waals surface area contributed by atoms with Crippen LogP contribution in [0.15, 0.2) is 36.7 Å². The van der Waals surface area contributed by atoms with Crippen molar-refractivity contribution in [3.05, 3.63) is 47.8 Å². The molecule has 0 spiro atoms. The molecular formula is C14H14N4O2. The van der Waals surface area contributed by atoms with Crippen molar-refractivity contribution in [1.82, 2.24) is 9.78 Å². The smallest absolute Gasteiger partial charge is 0.251 e. The Morgan fingerprint density at radius 1 is 1.40 bits per heavy atom. The van der Waals surface area contributed by atoms with Crippen molar-refractivity contribution in [2.75, 3.05) is 6.61 Å². The van der Waals surface area contributed by atoms with Gasteiger partial charge >= 0.3 is 0 Å². The van der Waals surface area contributed by atoms with Crippen molar-refractivity contribution in [1.29, 1.82) is 5.26 Å². The monoisotopic (exact) mass is 270 g/mol. The van der Waals surface area contributed by atoms with E-state index in [0.29, 0.717) is 25.1 Å². The molecule has 2 N–H and O–H groups in total. The zero-order valence-corrected chi connectivity index (χ0v) is 10.8. The predicted octanol–water partition coefficient (Wildman–Crippen LogP) is 1.13. The van der Waals surface area contributed by atoms with Crippen LogP contribution < -0.4 is 10.5 Å². The van der Waals surface area contributed by atoms with Crippen molar-refractivity contribution in [3.63, 3.8) is 0 Å². The summed E-state index contributed by atoms with van der Waals surface area (Å²) in [6, 6.07) is 9.45. The van der Waals surface area contributed by atoms with Gasteiger partial charge in [0.2, 0.25) is 0 Å². The third-order valence-corrected chi connectivity index (χ3v) is 2.71. The van der Waals surface area contributed by atoms with E-state index in [-0.39, 0.29) is 0 Å². The Morgan fingerprint density at radius 2 is 2.15 bits per heavy atom. The van der Waals surface area contributed by atoms with E-state index >= 15 is 0 Å². The van der Waals surface area contributed by atoms with Crippen molar-refractivity contribution < 1.29 is 9.53 Å². The lowest BCUT2D eigenvalue weighted by Crippen LogP contribution is -2.11. The highest BCUT2D eigenvalue weighted by atomic mass is 16.5. The lowest BCUT2D eigenvalue weighted by atomic mass is 10.2. The quantitative estimate of drug-likeness (QED) is 0.851. The maximum Gasteiger partial charge on any atom is 0.251 e. The molecule has 20 heavy (non-hydrogen) atoms. The molecule has 6 heteroatoms. The molecule has 2 aromatic rings. The van der Waals surface area contributed by atoms with Gasteiger partial charge in [0, 0.05) is 6.20 Å². The fourth-order valence-electron chi connectivity index (χ4n) is 1.66. The lowest BCUT2D eigenvalue weighted by Gasteiger charge is -2.06. The fraction of sp³-hybridized carbons (Fsp3) is 0.214. The number of carbonyl (C=O) groups excluding carboxylic acids is 1. The third-order valence-electron chi connectivity index (χ3n) is 2.71. The number of hydrogen-bond acceptors (Lipinski definition) is 4. The molecule has 0 aliphatic rings. The van der Waals surface area contributed by atoms with Crippen molar-refractivity contribution in [2.45, 2.75) is 13.0 Å². The number of ether oxygens (including phenoxy) is 1. The molecule has 0 saturated carbocycles. The summed E-state index contributed by atoms with van der Waals surface area (Å²) >= 11 is 0. The number of aromatic nitrogens is 2. The molecule has 0 unspecified atom stereocenters. The van der Waals surface area contributed by atoms with Crippen LogP contribution in [0, 0.1) is 11.3 Å². The first-order valence-electron chi connectivity index (χ1n) is 6.10. The number of nitrogens with two attached hydrogens (primary N) is 1. The highest BCUT2D eigenvalue weighted by Gasteiger charge is 2.03. The van der Waals surface area contributed by atoms with Crippen LogP contribution in [0.4, 0.5) is 0 Å². The normalized spacial score (nSPS) is 9.95. The number of primary amides is 1. The maximum absolute atomic E-state index is 10.9. The molecule has 2 rings (SSSR count). The van der Waals surface area contributed by atoms with Gasteiger partial charge in [-0.05, 0) is 17.7 Å². The number of nitrogens with zero attached hydrogens (tertiary/aromatic N) is 3. The third kappa shape index (κ3) is 3.59. The summed E-state index contributed by atoms with van der Waals surface area (Å²) in [6.07, 6.45) is 3.41. The predicted molar refractivity (Wildman–Crippen MR) is 72.0 cm³/mol. The number of amides is 1. The molecule has 6 nitrogen and oxygen atoms in total. The number of carbonyl (C=O) groups is 1. The average molecular weight is 270 g/mol. The largest absolute Gasteiger partial charge is 0.492 e. The van der Waals surface area contributed by atoms with Gasteiger partial charge in [-0.15, -0.1) is 0 Å². The van der Waals surface area contributed by atoms with E-state index in [4.69, 9.17) is 15.7 Å². The Kier molecular flexibility index (Phi) is 4.35. The average Bonchev–Trinajstić information content (AvgIpc) is 2.90. The standard InChI is InChI=1S/C14H14N4O2/c15-6-5-11-1-3-13(4-2-11)20-8-7-18-10-12(9-17-18)14(16)19/h1-4,9-10H,5,7-8H2,(H2,16,19). The first-order chi connectivity index (χ1) is 9.69. The number of hydrogen-bond donors (Lipinski definition) is 1. The van der Waals surface area contributed by atoms with Crippen LogP contribution >= 0.6 is 0 Å². The second-order valence-corrected chi connectivity index (χ2v) is 4.18. The van der Waals surface area contributed by atoms with Crippen LogP contribution in [-0.4, -0.2) is 22.3 Å². The topological polar surface area (TPSA) is 93.9 Å². The Balaban J connectivity index is 1.83. The summed E-state index contributed by atoms with van der Waals surface area (Å²) < 4.78 is 7.15. The minimum atomic E-state index is -0.495. The summed E-state index contributed by atoms with van der Waals surface area (Å²) in [5.41, 5.74) is 6.48. The van der Waals surface area contributed by atoms with Gasteiger partial charge in [0.15, 0.2) is 0 Å². The van der Waals surface area contributed by atoms with Gasteiger partial charge in [-0.3, -0.25) is 9.48 Å². The van der Waals surface area contributed by atoms with E-state index < -0.39 is 5.91 Å². The van der Waals surface area contributed by atoms with E-state index in [9.17, 15) is 4.79 Å². The molecule has 1 aromatic heterocycles. The van der Waals surface area contributed by atoms with Gasteiger partial charge in [0.05, 0.1) is 30.8 Å². The second-order valence-electron chi connectivity index (χ2n) is 4.18. The number of nitriles is 1. The number of benzene rings is 1. The van der Waals surface area contributed by atoms with Crippen LogP contribution in [0.3, 0.4) is 0 Å². The second kappa shape index (κ2) is 6.38. The fourth-order valence-corrected chi connectivity index (χ4v) is 1.66. The number of rotatable bonds is 6. The van der Waals surface area contributed by atoms with Crippen molar-refractivity contribution in [3.8, 4) is 11.8 Å². The highest BCUT2D eigenvalue weighted by Crippen LogP contribution is 2.12. The Bertz CT molecular complexity index is 625. The molecule has 0 aliphatic heterocycles.